The van der Waals surface area contributed by atoms with Gasteiger partial charge in [-0.2, -0.15) is 0 Å². The van der Waals surface area contributed by atoms with Gasteiger partial charge in [0, 0.05) is 5.69 Å². The molecule has 0 radical (unpaired) electrons. The van der Waals surface area contributed by atoms with Gasteiger partial charge in [0.15, 0.2) is 16.4 Å². The molecular weight excluding hydrogens is 380 g/mol. The average Bonchev–Trinajstić information content (AvgIpc) is 2.62. The minimum Gasteiger partial charge on any atom is -0.456 e. The molecule has 2 aromatic carbocycles. The van der Waals surface area contributed by atoms with Crippen LogP contribution in [0.3, 0.4) is 0 Å². The second kappa shape index (κ2) is 8.72. The van der Waals surface area contributed by atoms with Gasteiger partial charge in [-0.15, -0.1) is 0 Å². The van der Waals surface area contributed by atoms with Crippen LogP contribution in [0.4, 0.5) is 14.5 Å². The lowest BCUT2D eigenvalue weighted by Crippen LogP contribution is -2.22. The largest absolute Gasteiger partial charge is 0.456 e. The summed E-state index contributed by atoms with van der Waals surface area (Å²) in [6, 6.07) is 8.32. The molecule has 1 N–H and O–H groups in total. The van der Waals surface area contributed by atoms with Crippen molar-refractivity contribution in [1.29, 1.82) is 0 Å². The molecule has 144 valence electrons. The fourth-order valence-corrected chi connectivity index (χ4v) is 3.29. The van der Waals surface area contributed by atoms with E-state index in [-0.39, 0.29) is 10.6 Å². The maximum absolute atomic E-state index is 13.4. The van der Waals surface area contributed by atoms with Crippen molar-refractivity contribution in [3.05, 3.63) is 59.7 Å². The second-order valence-corrected chi connectivity index (χ2v) is 7.80. The highest BCUT2D eigenvalue weighted by atomic mass is 32.2. The number of aryl methyl sites for hydroxylation is 1. The van der Waals surface area contributed by atoms with E-state index >= 15 is 0 Å². The molecule has 2 rings (SSSR count). The first-order valence-corrected chi connectivity index (χ1v) is 9.52. The normalized spacial score (nSPS) is 11.1. The minimum absolute atomic E-state index is 0.115. The van der Waals surface area contributed by atoms with Crippen molar-refractivity contribution in [2.24, 2.45) is 0 Å². The molecule has 0 unspecified atom stereocenters. The number of halogens is 2. The Morgan fingerprint density at radius 2 is 1.74 bits per heavy atom. The zero-order valence-electron chi connectivity index (χ0n) is 14.4. The van der Waals surface area contributed by atoms with Gasteiger partial charge in [0.2, 0.25) is 0 Å². The number of hydrogen-bond acceptors (Lipinski definition) is 5. The SMILES string of the molecule is Cc1ccc(NC(=O)COC(=O)CCS(=O)(=O)c2ccc(F)cc2)cc1F. The first-order chi connectivity index (χ1) is 12.7. The van der Waals surface area contributed by atoms with E-state index in [1.165, 1.54) is 12.1 Å². The summed E-state index contributed by atoms with van der Waals surface area (Å²) in [5.41, 5.74) is 0.625. The van der Waals surface area contributed by atoms with Crippen molar-refractivity contribution < 1.29 is 31.5 Å². The van der Waals surface area contributed by atoms with E-state index in [0.29, 0.717) is 5.56 Å². The Morgan fingerprint density at radius 1 is 1.07 bits per heavy atom. The monoisotopic (exact) mass is 397 g/mol. The third-order valence-electron chi connectivity index (χ3n) is 3.57. The van der Waals surface area contributed by atoms with Crippen LogP contribution in [-0.2, 0) is 24.2 Å². The number of hydrogen-bond donors (Lipinski definition) is 1. The number of esters is 1. The van der Waals surface area contributed by atoms with Crippen molar-refractivity contribution in [2.75, 3.05) is 17.7 Å². The number of carbonyl (C=O) groups is 2. The fourth-order valence-electron chi connectivity index (χ4n) is 2.06. The summed E-state index contributed by atoms with van der Waals surface area (Å²) in [7, 11) is -3.78. The van der Waals surface area contributed by atoms with Crippen molar-refractivity contribution in [3.8, 4) is 0 Å². The molecule has 0 aliphatic heterocycles. The summed E-state index contributed by atoms with van der Waals surface area (Å²) >= 11 is 0. The van der Waals surface area contributed by atoms with Crippen LogP contribution in [0.5, 0.6) is 0 Å². The van der Waals surface area contributed by atoms with E-state index < -0.39 is 52.1 Å². The Morgan fingerprint density at radius 3 is 2.37 bits per heavy atom. The summed E-state index contributed by atoms with van der Waals surface area (Å²) < 4.78 is 55.0. The summed E-state index contributed by atoms with van der Waals surface area (Å²) in [5.74, 6) is -3.18. The zero-order chi connectivity index (χ0) is 20.0. The maximum atomic E-state index is 13.4. The quantitative estimate of drug-likeness (QED) is 0.573. The Balaban J connectivity index is 1.80. The molecule has 0 heterocycles. The van der Waals surface area contributed by atoms with Crippen LogP contribution in [0.25, 0.3) is 0 Å². The van der Waals surface area contributed by atoms with Crippen molar-refractivity contribution in [1.82, 2.24) is 0 Å². The van der Waals surface area contributed by atoms with Crippen molar-refractivity contribution >= 4 is 27.4 Å². The van der Waals surface area contributed by atoms with Crippen molar-refractivity contribution in [2.45, 2.75) is 18.2 Å². The molecule has 0 saturated carbocycles. The number of anilines is 1. The van der Waals surface area contributed by atoms with Crippen LogP contribution in [-0.4, -0.2) is 32.7 Å². The number of carbonyl (C=O) groups excluding carboxylic acids is 2. The third-order valence-corrected chi connectivity index (χ3v) is 5.30. The van der Waals surface area contributed by atoms with E-state index in [9.17, 15) is 26.8 Å². The number of nitrogens with one attached hydrogen (secondary N) is 1. The van der Waals surface area contributed by atoms with Gasteiger partial charge in [0.1, 0.15) is 11.6 Å². The lowest BCUT2D eigenvalue weighted by atomic mass is 10.2. The van der Waals surface area contributed by atoms with Gasteiger partial charge in [0.25, 0.3) is 5.91 Å². The molecule has 27 heavy (non-hydrogen) atoms. The van der Waals surface area contributed by atoms with Gasteiger partial charge in [-0.05, 0) is 48.9 Å². The highest BCUT2D eigenvalue weighted by Crippen LogP contribution is 2.14. The van der Waals surface area contributed by atoms with E-state index in [4.69, 9.17) is 4.74 Å². The average molecular weight is 397 g/mol. The van der Waals surface area contributed by atoms with Gasteiger partial charge in [-0.3, -0.25) is 9.59 Å². The number of sulfone groups is 1. The number of benzene rings is 2. The number of rotatable bonds is 7. The topological polar surface area (TPSA) is 89.5 Å². The molecular formula is C18H17F2NO5S. The van der Waals surface area contributed by atoms with Gasteiger partial charge in [-0.1, -0.05) is 6.07 Å². The highest BCUT2D eigenvalue weighted by Gasteiger charge is 2.18. The molecule has 0 atom stereocenters. The molecule has 0 aromatic heterocycles. The van der Waals surface area contributed by atoms with Crippen molar-refractivity contribution in [3.63, 3.8) is 0 Å². The lowest BCUT2D eigenvalue weighted by molar-refractivity contribution is -0.146. The molecule has 6 nitrogen and oxygen atoms in total. The zero-order valence-corrected chi connectivity index (χ0v) is 15.2. The molecule has 0 spiro atoms. The van der Waals surface area contributed by atoms with E-state index in [2.05, 4.69) is 5.32 Å². The van der Waals surface area contributed by atoms with Gasteiger partial charge >= 0.3 is 5.97 Å². The van der Waals surface area contributed by atoms with E-state index in [1.807, 2.05) is 0 Å². The minimum atomic E-state index is -3.78. The third kappa shape index (κ3) is 6.14. The molecule has 0 bridgehead atoms. The van der Waals surface area contributed by atoms with Crippen LogP contribution < -0.4 is 5.32 Å². The first kappa shape index (κ1) is 20.5. The Labute approximate surface area is 155 Å². The summed E-state index contributed by atoms with van der Waals surface area (Å²) in [5, 5.41) is 2.36. The van der Waals surface area contributed by atoms with Crippen LogP contribution in [0.2, 0.25) is 0 Å². The van der Waals surface area contributed by atoms with E-state index in [1.54, 1.807) is 6.92 Å². The molecule has 0 aliphatic rings. The molecule has 2 aromatic rings. The standard InChI is InChI=1S/C18H17F2NO5S/c1-12-2-5-14(10-16(12)20)21-17(22)11-26-18(23)8-9-27(24,25)15-6-3-13(19)4-7-15/h2-7,10H,8-9,11H2,1H3,(H,21,22). The molecule has 1 amide bonds. The summed E-state index contributed by atoms with van der Waals surface area (Å²) in [6.07, 6.45) is -0.466. The number of amides is 1. The van der Waals surface area contributed by atoms with Crippen LogP contribution in [0, 0.1) is 18.6 Å². The lowest BCUT2D eigenvalue weighted by Gasteiger charge is -2.08. The predicted octanol–water partition coefficient (Wildman–Crippen LogP) is 2.62. The van der Waals surface area contributed by atoms with E-state index in [0.717, 1.165) is 30.3 Å². The summed E-state index contributed by atoms with van der Waals surface area (Å²) in [6.45, 7) is 0.938. The Kier molecular flexibility index (Phi) is 6.62. The first-order valence-electron chi connectivity index (χ1n) is 7.87. The fraction of sp³-hybridized carbons (Fsp3) is 0.222. The van der Waals surface area contributed by atoms with Crippen LogP contribution in [0.15, 0.2) is 47.4 Å². The summed E-state index contributed by atoms with van der Waals surface area (Å²) in [4.78, 5) is 23.2. The van der Waals surface area contributed by atoms with Gasteiger partial charge < -0.3 is 10.1 Å². The Hall–Kier alpha value is -2.81. The Bertz CT molecular complexity index is 943. The van der Waals surface area contributed by atoms with Crippen LogP contribution in [0.1, 0.15) is 12.0 Å². The molecule has 0 aliphatic carbocycles. The molecule has 0 fully saturated rings. The molecule has 0 saturated heterocycles. The van der Waals surface area contributed by atoms with Crippen LogP contribution >= 0.6 is 0 Å². The maximum Gasteiger partial charge on any atom is 0.307 e. The van der Waals surface area contributed by atoms with Gasteiger partial charge in [-0.25, -0.2) is 17.2 Å². The predicted molar refractivity (Wildman–Crippen MR) is 93.8 cm³/mol. The highest BCUT2D eigenvalue weighted by molar-refractivity contribution is 7.91. The second-order valence-electron chi connectivity index (χ2n) is 5.70. The molecule has 9 heteroatoms. The van der Waals surface area contributed by atoms with Gasteiger partial charge in [0.05, 0.1) is 17.1 Å². The number of ether oxygens (including phenoxy) is 1. The smallest absolute Gasteiger partial charge is 0.307 e.